The molecule has 0 bridgehead atoms. The van der Waals surface area contributed by atoms with Crippen LogP contribution in [-0.4, -0.2) is 11.0 Å². The van der Waals surface area contributed by atoms with Gasteiger partial charge in [-0.2, -0.15) is 0 Å². The second kappa shape index (κ2) is 4.88. The molecule has 0 fully saturated rings. The van der Waals surface area contributed by atoms with Crippen molar-refractivity contribution in [3.05, 3.63) is 29.3 Å². The maximum absolute atomic E-state index is 11.3. The van der Waals surface area contributed by atoms with Crippen LogP contribution in [0, 0.1) is 5.92 Å². The van der Waals surface area contributed by atoms with Gasteiger partial charge in [-0.1, -0.05) is 38.8 Å². The van der Waals surface area contributed by atoms with Gasteiger partial charge in [-0.3, -0.25) is 4.79 Å². The summed E-state index contributed by atoms with van der Waals surface area (Å²) in [5.41, 5.74) is 2.81. The van der Waals surface area contributed by atoms with Crippen molar-refractivity contribution in [2.45, 2.75) is 39.2 Å². The largest absolute Gasteiger partial charge is 0.388 e. The Bertz CT molecular complexity index is 424. The van der Waals surface area contributed by atoms with Crippen LogP contribution in [0.1, 0.15) is 43.9 Å². The molecule has 1 heterocycles. The molecule has 3 nitrogen and oxygen atoms in total. The molecule has 0 aromatic heterocycles. The van der Waals surface area contributed by atoms with E-state index in [9.17, 15) is 9.90 Å². The molecule has 1 aliphatic rings. The van der Waals surface area contributed by atoms with Crippen molar-refractivity contribution >= 4 is 11.6 Å². The number of nitrogens with one attached hydrogen (secondary N) is 1. The lowest BCUT2D eigenvalue weighted by atomic mass is 9.90. The minimum absolute atomic E-state index is 0.0363. The highest BCUT2D eigenvalue weighted by molar-refractivity contribution is 5.99. The zero-order chi connectivity index (χ0) is 12.4. The summed E-state index contributed by atoms with van der Waals surface area (Å²) in [5.74, 6) is 0.326. The van der Waals surface area contributed by atoms with Crippen LogP contribution < -0.4 is 5.32 Å². The molecule has 0 aliphatic carbocycles. The number of aliphatic hydroxyl groups is 1. The lowest BCUT2D eigenvalue weighted by molar-refractivity contribution is -0.115. The highest BCUT2D eigenvalue weighted by Gasteiger charge is 2.22. The maximum atomic E-state index is 11.3. The molecule has 3 heteroatoms. The number of anilines is 1. The van der Waals surface area contributed by atoms with Gasteiger partial charge in [0.25, 0.3) is 0 Å². The fourth-order valence-electron chi connectivity index (χ4n) is 2.44. The number of aliphatic hydroxyl groups excluding tert-OH is 1. The minimum Gasteiger partial charge on any atom is -0.388 e. The van der Waals surface area contributed by atoms with Crippen molar-refractivity contribution in [2.75, 3.05) is 5.32 Å². The molecular formula is C14H19NO2. The first-order chi connectivity index (χ1) is 8.15. The van der Waals surface area contributed by atoms with Crippen LogP contribution in [-0.2, 0) is 11.2 Å². The van der Waals surface area contributed by atoms with Gasteiger partial charge >= 0.3 is 0 Å². The highest BCUT2D eigenvalue weighted by Crippen LogP contribution is 2.31. The smallest absolute Gasteiger partial charge is 0.228 e. The number of carbonyl (C=O) groups is 1. The number of hydrogen-bond donors (Lipinski definition) is 2. The molecule has 92 valence electrons. The number of rotatable bonds is 4. The second-order valence-corrected chi connectivity index (χ2v) is 4.66. The van der Waals surface area contributed by atoms with Crippen molar-refractivity contribution in [3.8, 4) is 0 Å². The molecule has 1 unspecified atom stereocenters. The van der Waals surface area contributed by atoms with Gasteiger partial charge in [0.1, 0.15) is 0 Å². The van der Waals surface area contributed by atoms with Crippen LogP contribution in [0.4, 0.5) is 5.69 Å². The Kier molecular flexibility index (Phi) is 3.48. The van der Waals surface area contributed by atoms with Gasteiger partial charge < -0.3 is 10.4 Å². The first-order valence-electron chi connectivity index (χ1n) is 6.26. The lowest BCUT2D eigenvalue weighted by Crippen LogP contribution is -2.11. The zero-order valence-electron chi connectivity index (χ0n) is 10.4. The molecule has 0 radical (unpaired) electrons. The monoisotopic (exact) mass is 233 g/mol. The van der Waals surface area contributed by atoms with Gasteiger partial charge in [-0.05, 0) is 23.1 Å². The molecule has 2 N–H and O–H groups in total. The van der Waals surface area contributed by atoms with E-state index in [-0.39, 0.29) is 11.8 Å². The molecule has 1 aromatic rings. The molecule has 0 saturated carbocycles. The Balaban J connectivity index is 2.23. The summed E-state index contributed by atoms with van der Waals surface area (Å²) in [6, 6.07) is 5.75. The molecule has 2 rings (SSSR count). The molecule has 1 aromatic carbocycles. The van der Waals surface area contributed by atoms with Gasteiger partial charge in [0.15, 0.2) is 0 Å². The second-order valence-electron chi connectivity index (χ2n) is 4.66. The summed E-state index contributed by atoms with van der Waals surface area (Å²) in [5, 5.41) is 13.1. The number of fused-ring (bicyclic) bond motifs is 1. The van der Waals surface area contributed by atoms with Crippen LogP contribution in [0.2, 0.25) is 0 Å². The maximum Gasteiger partial charge on any atom is 0.228 e. The Labute approximate surface area is 102 Å². The summed E-state index contributed by atoms with van der Waals surface area (Å²) < 4.78 is 0. The number of benzene rings is 1. The summed E-state index contributed by atoms with van der Waals surface area (Å²) >= 11 is 0. The van der Waals surface area contributed by atoms with E-state index in [1.807, 2.05) is 18.2 Å². The van der Waals surface area contributed by atoms with Crippen LogP contribution in [0.25, 0.3) is 0 Å². The normalized spacial score (nSPS) is 15.9. The van der Waals surface area contributed by atoms with Crippen molar-refractivity contribution < 1.29 is 9.90 Å². The Morgan fingerprint density at radius 3 is 2.71 bits per heavy atom. The van der Waals surface area contributed by atoms with E-state index in [0.717, 1.165) is 29.7 Å². The number of hydrogen-bond acceptors (Lipinski definition) is 2. The first kappa shape index (κ1) is 12.1. The van der Waals surface area contributed by atoms with Crippen LogP contribution in [0.15, 0.2) is 18.2 Å². The average molecular weight is 233 g/mol. The van der Waals surface area contributed by atoms with Gasteiger partial charge in [0, 0.05) is 5.69 Å². The predicted molar refractivity (Wildman–Crippen MR) is 67.8 cm³/mol. The Morgan fingerprint density at radius 1 is 1.35 bits per heavy atom. The predicted octanol–water partition coefficient (Wildman–Crippen LogP) is 2.65. The van der Waals surface area contributed by atoms with Gasteiger partial charge in [-0.15, -0.1) is 0 Å². The summed E-state index contributed by atoms with van der Waals surface area (Å²) in [6.07, 6.45) is 1.93. The molecular weight excluding hydrogens is 214 g/mol. The molecule has 0 spiro atoms. The molecule has 1 amide bonds. The van der Waals surface area contributed by atoms with Crippen molar-refractivity contribution in [3.63, 3.8) is 0 Å². The fraction of sp³-hybridized carbons (Fsp3) is 0.500. The summed E-state index contributed by atoms with van der Waals surface area (Å²) in [4.78, 5) is 11.3. The van der Waals surface area contributed by atoms with E-state index in [1.165, 1.54) is 0 Å². The van der Waals surface area contributed by atoms with Crippen LogP contribution in [0.5, 0.6) is 0 Å². The Hall–Kier alpha value is -1.35. The standard InChI is InChI=1S/C14H19NO2/c1-3-9(4-2)14(17)10-5-6-12-11(7-10)8-13(16)15-12/h5-7,9,14,17H,3-4,8H2,1-2H3,(H,15,16). The van der Waals surface area contributed by atoms with E-state index >= 15 is 0 Å². The zero-order valence-corrected chi connectivity index (χ0v) is 10.4. The third-order valence-electron chi connectivity index (χ3n) is 3.59. The topological polar surface area (TPSA) is 49.3 Å². The molecule has 0 saturated heterocycles. The SMILES string of the molecule is CCC(CC)C(O)c1ccc2c(c1)CC(=O)N2. The van der Waals surface area contributed by atoms with E-state index in [4.69, 9.17) is 0 Å². The van der Waals surface area contributed by atoms with E-state index < -0.39 is 6.10 Å². The summed E-state index contributed by atoms with van der Waals surface area (Å²) in [7, 11) is 0. The number of carbonyl (C=O) groups excluding carboxylic acids is 1. The summed E-state index contributed by atoms with van der Waals surface area (Å²) in [6.45, 7) is 4.19. The van der Waals surface area contributed by atoms with Gasteiger partial charge in [-0.25, -0.2) is 0 Å². The van der Waals surface area contributed by atoms with E-state index in [1.54, 1.807) is 0 Å². The van der Waals surface area contributed by atoms with Gasteiger partial charge in [0.05, 0.1) is 12.5 Å². The molecule has 1 aliphatic heterocycles. The lowest BCUT2D eigenvalue weighted by Gasteiger charge is -2.20. The van der Waals surface area contributed by atoms with E-state index in [0.29, 0.717) is 6.42 Å². The third kappa shape index (κ3) is 2.34. The molecule has 1 atom stereocenters. The first-order valence-corrected chi connectivity index (χ1v) is 6.26. The number of amides is 1. The third-order valence-corrected chi connectivity index (χ3v) is 3.59. The quantitative estimate of drug-likeness (QED) is 0.840. The highest BCUT2D eigenvalue weighted by atomic mass is 16.3. The van der Waals surface area contributed by atoms with Gasteiger partial charge in [0.2, 0.25) is 5.91 Å². The van der Waals surface area contributed by atoms with E-state index in [2.05, 4.69) is 19.2 Å². The Morgan fingerprint density at radius 2 is 2.06 bits per heavy atom. The van der Waals surface area contributed by atoms with Crippen LogP contribution >= 0.6 is 0 Å². The fourth-order valence-corrected chi connectivity index (χ4v) is 2.44. The van der Waals surface area contributed by atoms with Crippen molar-refractivity contribution in [1.29, 1.82) is 0 Å². The van der Waals surface area contributed by atoms with Crippen molar-refractivity contribution in [1.82, 2.24) is 0 Å². The minimum atomic E-state index is -0.425. The average Bonchev–Trinajstić information content (AvgIpc) is 2.69. The van der Waals surface area contributed by atoms with Crippen LogP contribution in [0.3, 0.4) is 0 Å². The van der Waals surface area contributed by atoms with Crippen molar-refractivity contribution in [2.24, 2.45) is 5.92 Å². The molecule has 17 heavy (non-hydrogen) atoms.